The highest BCUT2D eigenvalue weighted by atomic mass is 35.5. The molecule has 0 saturated heterocycles. The van der Waals surface area contributed by atoms with Gasteiger partial charge in [-0.1, -0.05) is 12.1 Å². The van der Waals surface area contributed by atoms with E-state index >= 15 is 0 Å². The second kappa shape index (κ2) is 3.70. The fourth-order valence-electron chi connectivity index (χ4n) is 1.91. The lowest BCUT2D eigenvalue weighted by Crippen LogP contribution is -1.99. The molecular weight excluding hydrogens is 210 g/mol. The van der Waals surface area contributed by atoms with Crippen LogP contribution in [0.4, 0.5) is 0 Å². The predicted octanol–water partition coefficient (Wildman–Crippen LogP) is 2.91. The Bertz CT molecular complexity index is 528. The molecule has 0 atom stereocenters. The van der Waals surface area contributed by atoms with Gasteiger partial charge < -0.3 is 4.57 Å². The number of halogens is 1. The Balaban J connectivity index is 2.81. The lowest BCUT2D eigenvalue weighted by Gasteiger charge is -1.99. The number of fused-ring (bicyclic) bond motifs is 1. The number of ketones is 1. The Hall–Kier alpha value is -1.28. The van der Waals surface area contributed by atoms with Gasteiger partial charge in [0.05, 0.1) is 5.88 Å². The van der Waals surface area contributed by atoms with Crippen molar-refractivity contribution in [2.45, 2.75) is 6.92 Å². The normalized spacial score (nSPS) is 10.9. The second-order valence-corrected chi connectivity index (χ2v) is 3.95. The molecule has 1 aromatic heterocycles. The molecule has 0 N–H and O–H groups in total. The fourth-order valence-corrected chi connectivity index (χ4v) is 2.05. The zero-order valence-corrected chi connectivity index (χ0v) is 9.51. The van der Waals surface area contributed by atoms with Gasteiger partial charge in [-0.05, 0) is 18.6 Å². The second-order valence-electron chi connectivity index (χ2n) is 3.68. The third kappa shape index (κ3) is 1.55. The lowest BCUT2D eigenvalue weighted by atomic mass is 10.1. The molecule has 0 radical (unpaired) electrons. The van der Waals surface area contributed by atoms with Gasteiger partial charge in [0.15, 0.2) is 5.78 Å². The molecule has 2 aromatic rings. The minimum atomic E-state index is -0.0171. The summed E-state index contributed by atoms with van der Waals surface area (Å²) in [6.45, 7) is 2.01. The fraction of sp³-hybridized carbons (Fsp3) is 0.250. The number of hydrogen-bond donors (Lipinski definition) is 0. The van der Waals surface area contributed by atoms with E-state index < -0.39 is 0 Å². The van der Waals surface area contributed by atoms with E-state index in [2.05, 4.69) is 0 Å². The summed E-state index contributed by atoms with van der Waals surface area (Å²) in [6, 6.07) is 6.01. The number of rotatable bonds is 2. The van der Waals surface area contributed by atoms with Gasteiger partial charge in [0.1, 0.15) is 0 Å². The van der Waals surface area contributed by atoms with Crippen molar-refractivity contribution in [3.63, 3.8) is 0 Å². The van der Waals surface area contributed by atoms with Gasteiger partial charge in [-0.3, -0.25) is 4.79 Å². The number of carbonyl (C=O) groups is 1. The van der Waals surface area contributed by atoms with Crippen molar-refractivity contribution in [1.29, 1.82) is 0 Å². The van der Waals surface area contributed by atoms with E-state index in [1.165, 1.54) is 0 Å². The van der Waals surface area contributed by atoms with E-state index in [-0.39, 0.29) is 11.7 Å². The number of nitrogens with zero attached hydrogens (tertiary/aromatic N) is 1. The number of alkyl halides is 1. The minimum absolute atomic E-state index is 0.0171. The Morgan fingerprint density at radius 3 is 2.87 bits per heavy atom. The van der Waals surface area contributed by atoms with Crippen LogP contribution in [0.15, 0.2) is 24.4 Å². The van der Waals surface area contributed by atoms with Gasteiger partial charge in [0.25, 0.3) is 0 Å². The summed E-state index contributed by atoms with van der Waals surface area (Å²) in [5.74, 6) is 0.0181. The first-order chi connectivity index (χ1) is 7.15. The molecule has 2 nitrogen and oxygen atoms in total. The maximum absolute atomic E-state index is 11.6. The molecule has 1 aromatic carbocycles. The van der Waals surface area contributed by atoms with Gasteiger partial charge in [-0.15, -0.1) is 11.6 Å². The maximum Gasteiger partial charge on any atom is 0.179 e. The lowest BCUT2D eigenvalue weighted by molar-refractivity contribution is 0.102. The summed E-state index contributed by atoms with van der Waals surface area (Å²) in [6.07, 6.45) is 1.85. The molecule has 1 heterocycles. The van der Waals surface area contributed by atoms with E-state index in [0.29, 0.717) is 0 Å². The summed E-state index contributed by atoms with van der Waals surface area (Å²) < 4.78 is 1.96. The standard InChI is InChI=1S/C12H12ClNO/c1-8-4-3-5-10-12(8)9(7-14(10)2)11(15)6-13/h3-5,7H,6H2,1-2H3. The summed E-state index contributed by atoms with van der Waals surface area (Å²) in [7, 11) is 1.94. The van der Waals surface area contributed by atoms with E-state index in [0.717, 1.165) is 22.0 Å². The summed E-state index contributed by atoms with van der Waals surface area (Å²) in [5, 5.41) is 1.02. The molecule has 0 saturated carbocycles. The minimum Gasteiger partial charge on any atom is -0.350 e. The molecule has 0 aliphatic heterocycles. The van der Waals surface area contributed by atoms with Crippen LogP contribution in [0, 0.1) is 6.92 Å². The Morgan fingerprint density at radius 2 is 2.20 bits per heavy atom. The largest absolute Gasteiger partial charge is 0.350 e. The summed E-state index contributed by atoms with van der Waals surface area (Å²) in [5.41, 5.74) is 2.91. The van der Waals surface area contributed by atoms with Crippen molar-refractivity contribution in [3.05, 3.63) is 35.5 Å². The molecule has 0 amide bonds. The average molecular weight is 222 g/mol. The highest BCUT2D eigenvalue weighted by Gasteiger charge is 2.13. The molecule has 0 unspecified atom stereocenters. The van der Waals surface area contributed by atoms with Crippen LogP contribution in [0.1, 0.15) is 15.9 Å². The van der Waals surface area contributed by atoms with Crippen molar-refractivity contribution in [3.8, 4) is 0 Å². The predicted molar refractivity (Wildman–Crippen MR) is 62.7 cm³/mol. The first-order valence-electron chi connectivity index (χ1n) is 4.79. The maximum atomic E-state index is 11.6. The third-order valence-electron chi connectivity index (χ3n) is 2.64. The third-order valence-corrected chi connectivity index (χ3v) is 2.89. The van der Waals surface area contributed by atoms with Crippen LogP contribution >= 0.6 is 11.6 Å². The van der Waals surface area contributed by atoms with Crippen LogP contribution < -0.4 is 0 Å². The molecule has 0 fully saturated rings. The Labute approximate surface area is 93.5 Å². The molecule has 0 aliphatic carbocycles. The Kier molecular flexibility index (Phi) is 2.53. The summed E-state index contributed by atoms with van der Waals surface area (Å²) >= 11 is 5.59. The van der Waals surface area contributed by atoms with Crippen LogP contribution in [0.3, 0.4) is 0 Å². The SMILES string of the molecule is Cc1cccc2c1c(C(=O)CCl)cn2C. The van der Waals surface area contributed by atoms with Gasteiger partial charge in [-0.25, -0.2) is 0 Å². The quantitative estimate of drug-likeness (QED) is 0.565. The number of hydrogen-bond acceptors (Lipinski definition) is 1. The zero-order chi connectivity index (χ0) is 11.0. The van der Waals surface area contributed by atoms with Crippen LogP contribution in [0.25, 0.3) is 10.9 Å². The van der Waals surface area contributed by atoms with Crippen LogP contribution in [0.5, 0.6) is 0 Å². The smallest absolute Gasteiger partial charge is 0.179 e. The van der Waals surface area contributed by atoms with Gasteiger partial charge in [0, 0.05) is 29.7 Å². The van der Waals surface area contributed by atoms with Crippen LogP contribution in [-0.4, -0.2) is 16.2 Å². The molecule has 3 heteroatoms. The first-order valence-corrected chi connectivity index (χ1v) is 5.32. The van der Waals surface area contributed by atoms with Crippen LogP contribution in [0.2, 0.25) is 0 Å². The monoisotopic (exact) mass is 221 g/mol. The molecule has 0 aliphatic rings. The average Bonchev–Trinajstić information content (AvgIpc) is 2.57. The molecule has 0 bridgehead atoms. The number of carbonyl (C=O) groups excluding carboxylic acids is 1. The van der Waals surface area contributed by atoms with Crippen molar-refractivity contribution in [2.24, 2.45) is 7.05 Å². The van der Waals surface area contributed by atoms with Crippen molar-refractivity contribution >= 4 is 28.3 Å². The Morgan fingerprint density at radius 1 is 1.47 bits per heavy atom. The number of Topliss-reactive ketones (excluding diaryl/α,β-unsaturated/α-hetero) is 1. The van der Waals surface area contributed by atoms with Crippen molar-refractivity contribution in [2.75, 3.05) is 5.88 Å². The van der Waals surface area contributed by atoms with Gasteiger partial charge >= 0.3 is 0 Å². The van der Waals surface area contributed by atoms with E-state index in [1.54, 1.807) is 0 Å². The van der Waals surface area contributed by atoms with Crippen molar-refractivity contribution < 1.29 is 4.79 Å². The zero-order valence-electron chi connectivity index (χ0n) is 8.75. The van der Waals surface area contributed by atoms with Crippen molar-refractivity contribution in [1.82, 2.24) is 4.57 Å². The van der Waals surface area contributed by atoms with E-state index in [9.17, 15) is 4.79 Å². The highest BCUT2D eigenvalue weighted by Crippen LogP contribution is 2.24. The van der Waals surface area contributed by atoms with E-state index in [4.69, 9.17) is 11.6 Å². The summed E-state index contributed by atoms with van der Waals surface area (Å²) in [4.78, 5) is 11.6. The molecule has 15 heavy (non-hydrogen) atoms. The molecule has 2 rings (SSSR count). The molecular formula is C12H12ClNO. The van der Waals surface area contributed by atoms with Gasteiger partial charge in [0.2, 0.25) is 0 Å². The number of aryl methyl sites for hydroxylation is 2. The first kappa shape index (κ1) is 10.2. The highest BCUT2D eigenvalue weighted by molar-refractivity contribution is 6.32. The van der Waals surface area contributed by atoms with Gasteiger partial charge in [-0.2, -0.15) is 0 Å². The topological polar surface area (TPSA) is 22.0 Å². The molecule has 0 spiro atoms. The number of benzene rings is 1. The molecule has 78 valence electrons. The van der Waals surface area contributed by atoms with Crippen LogP contribution in [-0.2, 0) is 7.05 Å². The number of aromatic nitrogens is 1. The van der Waals surface area contributed by atoms with E-state index in [1.807, 2.05) is 42.9 Å².